The molecule has 0 radical (unpaired) electrons. The topological polar surface area (TPSA) is 88.5 Å². The summed E-state index contributed by atoms with van der Waals surface area (Å²) in [5.74, 6) is 0.113. The summed E-state index contributed by atoms with van der Waals surface area (Å²) in [6.07, 6.45) is 0. The maximum Gasteiger partial charge on any atom is 0.314 e. The number of carbonyl (C=O) groups excluding carboxylic acids is 2. The van der Waals surface area contributed by atoms with Crippen molar-refractivity contribution in [1.29, 1.82) is 0 Å². The van der Waals surface area contributed by atoms with Gasteiger partial charge in [-0.3, -0.25) is 14.5 Å². The minimum atomic E-state index is -0.741. The van der Waals surface area contributed by atoms with Gasteiger partial charge in [-0.25, -0.2) is 9.07 Å². The van der Waals surface area contributed by atoms with Gasteiger partial charge in [-0.05, 0) is 24.3 Å². The molecule has 1 fully saturated rings. The molecule has 2 amide bonds. The Labute approximate surface area is 171 Å². The molecule has 2 aromatic rings. The van der Waals surface area contributed by atoms with Crippen molar-refractivity contribution in [2.24, 2.45) is 0 Å². The summed E-state index contributed by atoms with van der Waals surface area (Å²) in [6.45, 7) is 4.07. The summed E-state index contributed by atoms with van der Waals surface area (Å²) in [4.78, 5) is 26.9. The second-order valence-electron chi connectivity index (χ2n) is 6.82. The van der Waals surface area contributed by atoms with Crippen LogP contribution in [0.1, 0.15) is 11.3 Å². The molecule has 1 aromatic heterocycles. The molecule has 2 aliphatic rings. The number of morpholine rings is 1. The number of halogens is 1. The Morgan fingerprint density at radius 3 is 2.66 bits per heavy atom. The highest BCUT2D eigenvalue weighted by Crippen LogP contribution is 2.36. The van der Waals surface area contributed by atoms with Gasteiger partial charge in [0.25, 0.3) is 0 Å². The Bertz CT molecular complexity index is 896. The number of carbonyl (C=O) groups is 2. The number of fused-ring (bicyclic) bond motifs is 1. The van der Waals surface area contributed by atoms with Crippen LogP contribution in [-0.2, 0) is 25.8 Å². The molecule has 2 aliphatic heterocycles. The quantitative estimate of drug-likeness (QED) is 0.707. The van der Waals surface area contributed by atoms with Crippen molar-refractivity contribution in [3.63, 3.8) is 0 Å². The maximum atomic E-state index is 13.3. The number of aromatic nitrogens is 2. The molecule has 1 aromatic carbocycles. The van der Waals surface area contributed by atoms with E-state index in [9.17, 15) is 14.0 Å². The molecule has 154 valence electrons. The number of nitrogens with one attached hydrogen (secondary N) is 2. The molecule has 10 heteroatoms. The fraction of sp³-hybridized carbons (Fsp3) is 0.421. The molecule has 0 aliphatic carbocycles. The number of ether oxygens (including phenoxy) is 1. The van der Waals surface area contributed by atoms with E-state index in [4.69, 9.17) is 4.74 Å². The maximum absolute atomic E-state index is 13.3. The van der Waals surface area contributed by atoms with Gasteiger partial charge in [-0.1, -0.05) is 0 Å². The number of nitrogens with zero attached hydrogens (tertiary/aromatic N) is 3. The van der Waals surface area contributed by atoms with E-state index in [1.165, 1.54) is 12.1 Å². The Hall–Kier alpha value is -2.43. The van der Waals surface area contributed by atoms with E-state index in [0.29, 0.717) is 43.6 Å². The molecule has 1 saturated heterocycles. The SMILES string of the molecule is O=C(NCCN1CCOCC1)C(=O)Nc1c2c(nn1-c1ccc(F)cc1)CSC2. The van der Waals surface area contributed by atoms with E-state index in [0.717, 1.165) is 30.1 Å². The lowest BCUT2D eigenvalue weighted by atomic mass is 10.2. The zero-order chi connectivity index (χ0) is 20.2. The fourth-order valence-electron chi connectivity index (χ4n) is 3.31. The first-order valence-electron chi connectivity index (χ1n) is 9.45. The molecule has 8 nitrogen and oxygen atoms in total. The molecule has 0 spiro atoms. The fourth-order valence-corrected chi connectivity index (χ4v) is 4.34. The van der Waals surface area contributed by atoms with Crippen LogP contribution in [0.25, 0.3) is 5.69 Å². The predicted octanol–water partition coefficient (Wildman–Crippen LogP) is 1.15. The van der Waals surface area contributed by atoms with Crippen molar-refractivity contribution in [1.82, 2.24) is 20.0 Å². The number of thioether (sulfide) groups is 1. The van der Waals surface area contributed by atoms with E-state index < -0.39 is 11.8 Å². The largest absolute Gasteiger partial charge is 0.379 e. The monoisotopic (exact) mass is 419 g/mol. The smallest absolute Gasteiger partial charge is 0.314 e. The molecule has 2 N–H and O–H groups in total. The van der Waals surface area contributed by atoms with Gasteiger partial charge in [0, 0.05) is 43.2 Å². The molecule has 29 heavy (non-hydrogen) atoms. The highest BCUT2D eigenvalue weighted by molar-refractivity contribution is 7.98. The summed E-state index contributed by atoms with van der Waals surface area (Å²) in [5, 5.41) is 9.89. The van der Waals surface area contributed by atoms with Crippen LogP contribution in [0.4, 0.5) is 10.2 Å². The first-order valence-corrected chi connectivity index (χ1v) is 10.6. The van der Waals surface area contributed by atoms with Crippen LogP contribution in [0.2, 0.25) is 0 Å². The third kappa shape index (κ3) is 4.60. The minimum Gasteiger partial charge on any atom is -0.379 e. The minimum absolute atomic E-state index is 0.353. The highest BCUT2D eigenvalue weighted by Gasteiger charge is 2.26. The van der Waals surface area contributed by atoms with Gasteiger partial charge in [0.1, 0.15) is 11.6 Å². The van der Waals surface area contributed by atoms with Crippen LogP contribution < -0.4 is 10.6 Å². The van der Waals surface area contributed by atoms with Crippen molar-refractivity contribution < 1.29 is 18.7 Å². The van der Waals surface area contributed by atoms with Crippen molar-refractivity contribution in [3.8, 4) is 5.69 Å². The van der Waals surface area contributed by atoms with Crippen LogP contribution in [0.3, 0.4) is 0 Å². The Morgan fingerprint density at radius 2 is 1.90 bits per heavy atom. The van der Waals surface area contributed by atoms with Gasteiger partial charge in [0.05, 0.1) is 24.6 Å². The molecular formula is C19H22FN5O3S. The molecule has 4 rings (SSSR count). The van der Waals surface area contributed by atoms with E-state index in [-0.39, 0.29) is 5.82 Å². The van der Waals surface area contributed by atoms with Crippen molar-refractivity contribution in [2.45, 2.75) is 11.5 Å². The second-order valence-corrected chi connectivity index (χ2v) is 7.80. The summed E-state index contributed by atoms with van der Waals surface area (Å²) < 4.78 is 20.1. The first kappa shape index (κ1) is 19.9. The molecule has 0 atom stereocenters. The molecule has 3 heterocycles. The average molecular weight is 419 g/mol. The average Bonchev–Trinajstić information content (AvgIpc) is 3.32. The number of anilines is 1. The predicted molar refractivity (Wildman–Crippen MR) is 107 cm³/mol. The Balaban J connectivity index is 1.42. The van der Waals surface area contributed by atoms with E-state index in [2.05, 4.69) is 20.6 Å². The molecular weight excluding hydrogens is 397 g/mol. The number of hydrogen-bond acceptors (Lipinski definition) is 6. The lowest BCUT2D eigenvalue weighted by molar-refractivity contribution is -0.136. The van der Waals surface area contributed by atoms with Crippen LogP contribution in [-0.4, -0.2) is 65.9 Å². The van der Waals surface area contributed by atoms with Crippen molar-refractivity contribution in [2.75, 3.05) is 44.7 Å². The summed E-state index contributed by atoms with van der Waals surface area (Å²) in [6, 6.07) is 5.84. The summed E-state index contributed by atoms with van der Waals surface area (Å²) >= 11 is 1.69. The van der Waals surface area contributed by atoms with Crippen molar-refractivity contribution in [3.05, 3.63) is 41.3 Å². The van der Waals surface area contributed by atoms with Crippen LogP contribution >= 0.6 is 11.8 Å². The third-order valence-corrected chi connectivity index (χ3v) is 5.85. The standard InChI is InChI=1S/C19H22FN5O3S/c20-13-1-3-14(4-2-13)25-17(15-11-29-12-16(15)23-25)22-19(27)18(26)21-5-6-24-7-9-28-10-8-24/h1-4H,5-12H2,(H,21,26)(H,22,27). The summed E-state index contributed by atoms with van der Waals surface area (Å²) in [7, 11) is 0. The molecule has 0 bridgehead atoms. The number of rotatable bonds is 5. The van der Waals surface area contributed by atoms with Gasteiger partial charge in [-0.15, -0.1) is 0 Å². The first-order chi connectivity index (χ1) is 14.1. The highest BCUT2D eigenvalue weighted by atomic mass is 32.2. The van der Waals surface area contributed by atoms with Crippen molar-refractivity contribution >= 4 is 29.4 Å². The van der Waals surface area contributed by atoms with Gasteiger partial charge in [0.2, 0.25) is 0 Å². The van der Waals surface area contributed by atoms with Crippen LogP contribution in [0, 0.1) is 5.82 Å². The number of hydrogen-bond donors (Lipinski definition) is 2. The zero-order valence-electron chi connectivity index (χ0n) is 15.8. The Morgan fingerprint density at radius 1 is 1.14 bits per heavy atom. The second kappa shape index (κ2) is 8.93. The molecule has 0 unspecified atom stereocenters. The van der Waals surface area contributed by atoms with Gasteiger partial charge >= 0.3 is 11.8 Å². The lowest BCUT2D eigenvalue weighted by Crippen LogP contribution is -2.43. The van der Waals surface area contributed by atoms with E-state index >= 15 is 0 Å². The zero-order valence-corrected chi connectivity index (χ0v) is 16.6. The van der Waals surface area contributed by atoms with Crippen LogP contribution in [0.15, 0.2) is 24.3 Å². The van der Waals surface area contributed by atoms with E-state index in [1.807, 2.05) is 0 Å². The lowest BCUT2D eigenvalue weighted by Gasteiger charge is -2.26. The summed E-state index contributed by atoms with van der Waals surface area (Å²) in [5.41, 5.74) is 2.38. The van der Waals surface area contributed by atoms with Gasteiger partial charge in [-0.2, -0.15) is 16.9 Å². The van der Waals surface area contributed by atoms with Crippen LogP contribution in [0.5, 0.6) is 0 Å². The van der Waals surface area contributed by atoms with Gasteiger partial charge in [0.15, 0.2) is 0 Å². The number of benzene rings is 1. The molecule has 0 saturated carbocycles. The third-order valence-electron chi connectivity index (χ3n) is 4.88. The Kier molecular flexibility index (Phi) is 6.12. The van der Waals surface area contributed by atoms with E-state index in [1.54, 1.807) is 28.6 Å². The number of amides is 2. The van der Waals surface area contributed by atoms with Gasteiger partial charge < -0.3 is 15.4 Å². The normalized spacial score (nSPS) is 16.4.